The highest BCUT2D eigenvalue weighted by molar-refractivity contribution is 6.31. The first-order valence-electron chi connectivity index (χ1n) is 6.09. The maximum atomic E-state index is 11.5. The summed E-state index contributed by atoms with van der Waals surface area (Å²) in [4.78, 5) is 24.5. The maximum Gasteiger partial charge on any atom is 0.326 e. The minimum atomic E-state index is -0.893. The zero-order valence-corrected chi connectivity index (χ0v) is 11.1. The van der Waals surface area contributed by atoms with Crippen LogP contribution in [-0.2, 0) is 4.79 Å². The van der Waals surface area contributed by atoms with Crippen LogP contribution < -0.4 is 10.6 Å². The highest BCUT2D eigenvalue weighted by Crippen LogP contribution is 2.30. The molecule has 1 fully saturated rings. The Morgan fingerprint density at radius 2 is 2.11 bits per heavy atom. The van der Waals surface area contributed by atoms with Gasteiger partial charge in [0.1, 0.15) is 6.04 Å². The van der Waals surface area contributed by atoms with Crippen molar-refractivity contribution in [1.82, 2.24) is 0 Å². The number of nitrogens with two attached hydrogens (primary N) is 1. The minimum absolute atomic E-state index is 0.303. The van der Waals surface area contributed by atoms with Crippen molar-refractivity contribution in [2.45, 2.75) is 25.3 Å². The molecule has 3 N–H and O–H groups in total. The van der Waals surface area contributed by atoms with Crippen LogP contribution in [0.2, 0.25) is 5.02 Å². The Hall–Kier alpha value is -1.75. The van der Waals surface area contributed by atoms with E-state index >= 15 is 0 Å². The first-order chi connectivity index (χ1) is 9.00. The number of halogens is 1. The van der Waals surface area contributed by atoms with E-state index in [1.807, 2.05) is 0 Å². The normalized spacial score (nSPS) is 19.2. The predicted octanol–water partition coefficient (Wildman–Crippen LogP) is 1.88. The number of hydrogen-bond donors (Lipinski definition) is 2. The summed E-state index contributed by atoms with van der Waals surface area (Å²) < 4.78 is 0. The zero-order chi connectivity index (χ0) is 14.0. The number of benzene rings is 1. The molecule has 1 atom stereocenters. The predicted molar refractivity (Wildman–Crippen MR) is 72.6 cm³/mol. The van der Waals surface area contributed by atoms with Crippen molar-refractivity contribution in [2.75, 3.05) is 11.4 Å². The molecule has 0 saturated carbocycles. The number of hydrogen-bond acceptors (Lipinski definition) is 3. The molecule has 19 heavy (non-hydrogen) atoms. The number of rotatable bonds is 3. The summed E-state index contributed by atoms with van der Waals surface area (Å²) in [5.74, 6) is -1.48. The molecule has 1 aliphatic rings. The Morgan fingerprint density at radius 3 is 2.74 bits per heavy atom. The number of amides is 1. The van der Waals surface area contributed by atoms with E-state index in [2.05, 4.69) is 0 Å². The second kappa shape index (κ2) is 5.48. The molecular formula is C13H15ClN2O3. The number of carbonyl (C=O) groups is 2. The van der Waals surface area contributed by atoms with E-state index in [0.717, 1.165) is 12.8 Å². The smallest absolute Gasteiger partial charge is 0.326 e. The van der Waals surface area contributed by atoms with Gasteiger partial charge in [-0.05, 0) is 37.5 Å². The number of piperidine rings is 1. The van der Waals surface area contributed by atoms with Crippen LogP contribution >= 0.6 is 11.6 Å². The second-order valence-electron chi connectivity index (χ2n) is 4.57. The van der Waals surface area contributed by atoms with Crippen LogP contribution in [0.15, 0.2) is 18.2 Å². The van der Waals surface area contributed by atoms with Gasteiger partial charge in [0, 0.05) is 11.6 Å². The van der Waals surface area contributed by atoms with E-state index in [4.69, 9.17) is 17.3 Å². The molecule has 1 saturated heterocycles. The molecular weight excluding hydrogens is 268 g/mol. The lowest BCUT2D eigenvalue weighted by atomic mass is 9.99. The number of carboxylic acid groups (broad SMARTS) is 1. The topological polar surface area (TPSA) is 83.6 Å². The van der Waals surface area contributed by atoms with Crippen molar-refractivity contribution in [1.29, 1.82) is 0 Å². The number of aliphatic carboxylic acids is 1. The maximum absolute atomic E-state index is 11.5. The van der Waals surface area contributed by atoms with Gasteiger partial charge in [-0.2, -0.15) is 0 Å². The van der Waals surface area contributed by atoms with Gasteiger partial charge in [-0.25, -0.2) is 4.79 Å². The molecule has 0 aromatic heterocycles. The van der Waals surface area contributed by atoms with Gasteiger partial charge in [0.05, 0.1) is 11.3 Å². The van der Waals surface area contributed by atoms with Crippen LogP contribution in [0, 0.1) is 0 Å². The van der Waals surface area contributed by atoms with E-state index in [1.165, 1.54) is 6.07 Å². The highest BCUT2D eigenvalue weighted by atomic mass is 35.5. The van der Waals surface area contributed by atoms with Gasteiger partial charge in [0.15, 0.2) is 0 Å². The van der Waals surface area contributed by atoms with E-state index in [0.29, 0.717) is 29.2 Å². The molecule has 1 aliphatic heterocycles. The Kier molecular flexibility index (Phi) is 3.95. The van der Waals surface area contributed by atoms with E-state index in [1.54, 1.807) is 17.0 Å². The summed E-state index contributed by atoms with van der Waals surface area (Å²) in [7, 11) is 0. The third-order valence-electron chi connectivity index (χ3n) is 3.32. The molecule has 102 valence electrons. The van der Waals surface area contributed by atoms with Crippen molar-refractivity contribution < 1.29 is 14.7 Å². The number of nitrogens with zero attached hydrogens (tertiary/aromatic N) is 1. The van der Waals surface area contributed by atoms with Crippen molar-refractivity contribution in [3.63, 3.8) is 0 Å². The van der Waals surface area contributed by atoms with Crippen LogP contribution in [-0.4, -0.2) is 29.6 Å². The van der Waals surface area contributed by atoms with Gasteiger partial charge >= 0.3 is 5.97 Å². The molecule has 2 rings (SSSR count). The van der Waals surface area contributed by atoms with E-state index in [-0.39, 0.29) is 0 Å². The molecule has 0 bridgehead atoms. The van der Waals surface area contributed by atoms with Gasteiger partial charge in [-0.15, -0.1) is 0 Å². The minimum Gasteiger partial charge on any atom is -0.480 e. The summed E-state index contributed by atoms with van der Waals surface area (Å²) in [5.41, 5.74) is 6.15. The standard InChI is InChI=1S/C13H15ClN2O3/c14-8-4-5-9(12(15)17)11(7-8)16-6-2-1-3-10(16)13(18)19/h4-5,7,10H,1-3,6H2,(H2,15,17)(H,18,19). The van der Waals surface area contributed by atoms with Crippen LogP contribution in [0.4, 0.5) is 5.69 Å². The highest BCUT2D eigenvalue weighted by Gasteiger charge is 2.30. The summed E-state index contributed by atoms with van der Waals surface area (Å²) in [6.07, 6.45) is 2.30. The van der Waals surface area contributed by atoms with Gasteiger partial charge in [-0.1, -0.05) is 11.6 Å². The largest absolute Gasteiger partial charge is 0.480 e. The van der Waals surface area contributed by atoms with E-state index in [9.17, 15) is 14.7 Å². The van der Waals surface area contributed by atoms with Crippen molar-refractivity contribution >= 4 is 29.2 Å². The Labute approximate surface area is 116 Å². The molecule has 0 radical (unpaired) electrons. The number of anilines is 1. The first kappa shape index (κ1) is 13.7. The summed E-state index contributed by atoms with van der Waals surface area (Å²) in [5, 5.41) is 9.73. The quantitative estimate of drug-likeness (QED) is 0.887. The molecule has 1 aromatic rings. The van der Waals surface area contributed by atoms with Crippen molar-refractivity contribution in [3.8, 4) is 0 Å². The fraction of sp³-hybridized carbons (Fsp3) is 0.385. The third-order valence-corrected chi connectivity index (χ3v) is 3.56. The number of carbonyl (C=O) groups excluding carboxylic acids is 1. The molecule has 1 aromatic carbocycles. The van der Waals surface area contributed by atoms with Gasteiger partial charge < -0.3 is 15.7 Å². The summed E-state index contributed by atoms with van der Waals surface area (Å²) in [6, 6.07) is 4.08. The SMILES string of the molecule is NC(=O)c1ccc(Cl)cc1N1CCCCC1C(=O)O. The molecule has 1 amide bonds. The second-order valence-corrected chi connectivity index (χ2v) is 5.01. The molecule has 6 heteroatoms. The summed E-state index contributed by atoms with van der Waals surface area (Å²) >= 11 is 5.94. The third kappa shape index (κ3) is 2.81. The number of carboxylic acids is 1. The van der Waals surface area contributed by atoms with Crippen LogP contribution in [0.25, 0.3) is 0 Å². The average molecular weight is 283 g/mol. The fourth-order valence-electron chi connectivity index (χ4n) is 2.43. The van der Waals surface area contributed by atoms with Crippen molar-refractivity contribution in [2.24, 2.45) is 5.73 Å². The number of primary amides is 1. The van der Waals surface area contributed by atoms with E-state index < -0.39 is 17.9 Å². The monoisotopic (exact) mass is 282 g/mol. The van der Waals surface area contributed by atoms with Crippen LogP contribution in [0.5, 0.6) is 0 Å². The lowest BCUT2D eigenvalue weighted by molar-refractivity contribution is -0.139. The Bertz CT molecular complexity index is 519. The average Bonchev–Trinajstić information content (AvgIpc) is 2.38. The summed E-state index contributed by atoms with van der Waals surface area (Å²) in [6.45, 7) is 0.581. The van der Waals surface area contributed by atoms with Crippen LogP contribution in [0.3, 0.4) is 0 Å². The molecule has 0 aliphatic carbocycles. The fourth-order valence-corrected chi connectivity index (χ4v) is 2.59. The lowest BCUT2D eigenvalue weighted by Crippen LogP contribution is -2.45. The zero-order valence-electron chi connectivity index (χ0n) is 10.3. The molecule has 1 heterocycles. The molecule has 0 spiro atoms. The Morgan fingerprint density at radius 1 is 1.37 bits per heavy atom. The van der Waals surface area contributed by atoms with Gasteiger partial charge in [0.2, 0.25) is 0 Å². The lowest BCUT2D eigenvalue weighted by Gasteiger charge is -2.35. The van der Waals surface area contributed by atoms with Crippen LogP contribution in [0.1, 0.15) is 29.6 Å². The van der Waals surface area contributed by atoms with Gasteiger partial charge in [0.25, 0.3) is 5.91 Å². The molecule has 5 nitrogen and oxygen atoms in total. The van der Waals surface area contributed by atoms with Crippen molar-refractivity contribution in [3.05, 3.63) is 28.8 Å². The Balaban J connectivity index is 2.46. The van der Waals surface area contributed by atoms with Gasteiger partial charge in [-0.3, -0.25) is 4.79 Å². The molecule has 1 unspecified atom stereocenters. The first-order valence-corrected chi connectivity index (χ1v) is 6.47.